The summed E-state index contributed by atoms with van der Waals surface area (Å²) in [4.78, 5) is 0. The summed E-state index contributed by atoms with van der Waals surface area (Å²) in [5.41, 5.74) is 1.04. The molecule has 0 aliphatic heterocycles. The van der Waals surface area contributed by atoms with Crippen molar-refractivity contribution in [3.63, 3.8) is 0 Å². The topological polar surface area (TPSA) is 52.5 Å². The molecule has 0 amide bonds. The van der Waals surface area contributed by atoms with Crippen molar-refractivity contribution in [2.45, 2.75) is 26.0 Å². The lowest BCUT2D eigenvalue weighted by molar-refractivity contribution is 0.167. The highest BCUT2D eigenvalue weighted by atomic mass is 79.9. The molecule has 3 N–H and O–H groups in total. The van der Waals surface area contributed by atoms with E-state index in [0.29, 0.717) is 22.0 Å². The molecule has 16 heavy (non-hydrogen) atoms. The predicted molar refractivity (Wildman–Crippen MR) is 71.5 cm³/mol. The van der Waals surface area contributed by atoms with Gasteiger partial charge in [0.05, 0.1) is 15.0 Å². The molecule has 0 saturated carbocycles. The molecule has 0 aliphatic carbocycles. The summed E-state index contributed by atoms with van der Waals surface area (Å²) >= 11 is 6.55. The van der Waals surface area contributed by atoms with Crippen LogP contribution in [0, 0.1) is 0 Å². The third-order valence-corrected chi connectivity index (χ3v) is 3.47. The number of rotatable bonds is 5. The minimum atomic E-state index is -0.302. The van der Waals surface area contributed by atoms with Crippen molar-refractivity contribution in [1.82, 2.24) is 5.32 Å². The second-order valence-electron chi connectivity index (χ2n) is 3.60. The number of hydrogen-bond acceptors (Lipinski definition) is 3. The first kappa shape index (κ1) is 14.0. The zero-order valence-electron chi connectivity index (χ0n) is 9.00. The highest BCUT2D eigenvalue weighted by Crippen LogP contribution is 2.33. The van der Waals surface area contributed by atoms with Gasteiger partial charge in [0.25, 0.3) is 0 Å². The lowest BCUT2D eigenvalue weighted by Gasteiger charge is -2.10. The third kappa shape index (κ3) is 4.05. The summed E-state index contributed by atoms with van der Waals surface area (Å²) in [6, 6.07) is 3.71. The fourth-order valence-corrected chi connectivity index (χ4v) is 2.53. The maximum Gasteiger partial charge on any atom is 0.143 e. The Hall–Kier alpha value is -0.100. The van der Waals surface area contributed by atoms with E-state index in [1.807, 2.05) is 19.1 Å². The van der Waals surface area contributed by atoms with Crippen molar-refractivity contribution in [2.24, 2.45) is 0 Å². The highest BCUT2D eigenvalue weighted by Gasteiger charge is 2.06. The van der Waals surface area contributed by atoms with Crippen LogP contribution in [0.1, 0.15) is 18.9 Å². The van der Waals surface area contributed by atoms with Gasteiger partial charge >= 0.3 is 0 Å². The van der Waals surface area contributed by atoms with Crippen LogP contribution in [0.2, 0.25) is 0 Å². The average molecular weight is 353 g/mol. The molecule has 0 bridgehead atoms. The molecular formula is C11H15Br2NO2. The molecule has 1 rings (SSSR count). The van der Waals surface area contributed by atoms with Crippen LogP contribution in [0.3, 0.4) is 0 Å². The minimum absolute atomic E-state index is 0.206. The molecule has 0 fully saturated rings. The van der Waals surface area contributed by atoms with Crippen LogP contribution in [-0.2, 0) is 6.54 Å². The zero-order chi connectivity index (χ0) is 12.1. The Morgan fingerprint density at radius 3 is 2.38 bits per heavy atom. The Kier molecular flexibility index (Phi) is 5.75. The minimum Gasteiger partial charge on any atom is -0.506 e. The molecule has 5 heteroatoms. The van der Waals surface area contributed by atoms with Crippen LogP contribution in [0.5, 0.6) is 5.75 Å². The molecule has 0 spiro atoms. The van der Waals surface area contributed by atoms with Gasteiger partial charge in [-0.15, -0.1) is 0 Å². The third-order valence-electron chi connectivity index (χ3n) is 2.26. The molecule has 0 aromatic heterocycles. The van der Waals surface area contributed by atoms with Gasteiger partial charge < -0.3 is 15.5 Å². The van der Waals surface area contributed by atoms with Crippen LogP contribution >= 0.6 is 31.9 Å². The standard InChI is InChI=1S/C11H15Br2NO2/c1-2-8(15)6-14-5-7-3-9(12)11(16)10(13)4-7/h3-4,8,14-16H,2,5-6H2,1H3. The first-order chi connectivity index (χ1) is 7.54. The van der Waals surface area contributed by atoms with Gasteiger partial charge in [0.2, 0.25) is 0 Å². The van der Waals surface area contributed by atoms with Crippen LogP contribution in [0.15, 0.2) is 21.1 Å². The van der Waals surface area contributed by atoms with E-state index < -0.39 is 0 Å². The van der Waals surface area contributed by atoms with E-state index in [2.05, 4.69) is 37.2 Å². The maximum absolute atomic E-state index is 9.53. The van der Waals surface area contributed by atoms with Gasteiger partial charge in [-0.2, -0.15) is 0 Å². The molecule has 1 atom stereocenters. The summed E-state index contributed by atoms with van der Waals surface area (Å²) in [6.07, 6.45) is 0.444. The van der Waals surface area contributed by atoms with E-state index in [1.165, 1.54) is 0 Å². The van der Waals surface area contributed by atoms with Gasteiger partial charge in [0.1, 0.15) is 5.75 Å². The molecule has 1 aromatic rings. The molecule has 0 aliphatic rings. The molecule has 0 heterocycles. The van der Waals surface area contributed by atoms with E-state index in [1.54, 1.807) is 0 Å². The van der Waals surface area contributed by atoms with Gasteiger partial charge in [-0.25, -0.2) is 0 Å². The van der Waals surface area contributed by atoms with E-state index in [0.717, 1.165) is 12.0 Å². The summed E-state index contributed by atoms with van der Waals surface area (Å²) < 4.78 is 1.32. The van der Waals surface area contributed by atoms with Crippen LogP contribution in [0.25, 0.3) is 0 Å². The van der Waals surface area contributed by atoms with Crippen LogP contribution in [-0.4, -0.2) is 22.9 Å². The summed E-state index contributed by atoms with van der Waals surface area (Å²) in [6.45, 7) is 3.18. The van der Waals surface area contributed by atoms with Gasteiger partial charge in [0, 0.05) is 13.1 Å². The fourth-order valence-electron chi connectivity index (χ4n) is 1.25. The number of hydrogen-bond donors (Lipinski definition) is 3. The Morgan fingerprint density at radius 2 is 1.88 bits per heavy atom. The van der Waals surface area contributed by atoms with Gasteiger partial charge in [-0.3, -0.25) is 0 Å². The number of benzene rings is 1. The number of halogens is 2. The summed E-state index contributed by atoms with van der Waals surface area (Å²) in [5.74, 6) is 0.206. The number of aliphatic hydroxyl groups is 1. The molecule has 0 saturated heterocycles. The predicted octanol–water partition coefficient (Wildman–Crippen LogP) is 2.78. The van der Waals surface area contributed by atoms with E-state index in [-0.39, 0.29) is 11.9 Å². The number of nitrogens with one attached hydrogen (secondary N) is 1. The number of aromatic hydroxyl groups is 1. The molecule has 3 nitrogen and oxygen atoms in total. The average Bonchev–Trinajstić information content (AvgIpc) is 2.25. The van der Waals surface area contributed by atoms with Gasteiger partial charge in [-0.05, 0) is 56.0 Å². The Morgan fingerprint density at radius 1 is 1.31 bits per heavy atom. The quantitative estimate of drug-likeness (QED) is 0.763. The molecular weight excluding hydrogens is 338 g/mol. The van der Waals surface area contributed by atoms with Crippen molar-refractivity contribution in [1.29, 1.82) is 0 Å². The fraction of sp³-hybridized carbons (Fsp3) is 0.455. The smallest absolute Gasteiger partial charge is 0.143 e. The van der Waals surface area contributed by atoms with Crippen molar-refractivity contribution in [2.75, 3.05) is 6.54 Å². The first-order valence-electron chi connectivity index (χ1n) is 5.10. The second kappa shape index (κ2) is 6.59. The normalized spacial score (nSPS) is 12.8. The Bertz CT molecular complexity index is 335. The number of phenols is 1. The van der Waals surface area contributed by atoms with Crippen LogP contribution < -0.4 is 5.32 Å². The molecule has 90 valence electrons. The van der Waals surface area contributed by atoms with Crippen molar-refractivity contribution < 1.29 is 10.2 Å². The van der Waals surface area contributed by atoms with Crippen LogP contribution in [0.4, 0.5) is 0 Å². The largest absolute Gasteiger partial charge is 0.506 e. The molecule has 1 unspecified atom stereocenters. The lowest BCUT2D eigenvalue weighted by Crippen LogP contribution is -2.25. The van der Waals surface area contributed by atoms with E-state index in [9.17, 15) is 10.2 Å². The van der Waals surface area contributed by atoms with E-state index in [4.69, 9.17) is 0 Å². The number of aliphatic hydroxyl groups excluding tert-OH is 1. The zero-order valence-corrected chi connectivity index (χ0v) is 12.2. The van der Waals surface area contributed by atoms with Gasteiger partial charge in [-0.1, -0.05) is 6.92 Å². The number of phenolic OH excluding ortho intramolecular Hbond substituents is 1. The molecule has 1 aromatic carbocycles. The monoisotopic (exact) mass is 351 g/mol. The van der Waals surface area contributed by atoms with E-state index >= 15 is 0 Å². The SMILES string of the molecule is CCC(O)CNCc1cc(Br)c(O)c(Br)c1. The Balaban J connectivity index is 2.55. The lowest BCUT2D eigenvalue weighted by atomic mass is 10.2. The van der Waals surface area contributed by atoms with Gasteiger partial charge in [0.15, 0.2) is 0 Å². The van der Waals surface area contributed by atoms with Crippen molar-refractivity contribution in [3.05, 3.63) is 26.6 Å². The first-order valence-corrected chi connectivity index (χ1v) is 6.68. The summed E-state index contributed by atoms with van der Waals surface area (Å²) in [7, 11) is 0. The maximum atomic E-state index is 9.53. The van der Waals surface area contributed by atoms with Crippen molar-refractivity contribution >= 4 is 31.9 Å². The summed E-state index contributed by atoms with van der Waals surface area (Å²) in [5, 5.41) is 22.0. The highest BCUT2D eigenvalue weighted by molar-refractivity contribution is 9.11. The second-order valence-corrected chi connectivity index (χ2v) is 5.31. The molecule has 0 radical (unpaired) electrons. The van der Waals surface area contributed by atoms with Crippen molar-refractivity contribution in [3.8, 4) is 5.75 Å². The Labute approximate surface area is 112 Å².